The lowest BCUT2D eigenvalue weighted by atomic mass is 10.2. The van der Waals surface area contributed by atoms with Gasteiger partial charge in [0.2, 0.25) is 0 Å². The number of likely N-dealkylation sites (N-methyl/N-ethyl adjacent to an activating group) is 1. The van der Waals surface area contributed by atoms with E-state index in [4.69, 9.17) is 0 Å². The summed E-state index contributed by atoms with van der Waals surface area (Å²) < 4.78 is 0. The molecule has 1 aliphatic heterocycles. The summed E-state index contributed by atoms with van der Waals surface area (Å²) in [5.74, 6) is 0.980. The quantitative estimate of drug-likeness (QED) is 0.837. The second kappa shape index (κ2) is 6.79. The van der Waals surface area contributed by atoms with Crippen LogP contribution in [0.4, 0.5) is 5.82 Å². The summed E-state index contributed by atoms with van der Waals surface area (Å²) in [6.45, 7) is 4.82. The Labute approximate surface area is 131 Å². The number of rotatable bonds is 5. The molecule has 1 atom stereocenters. The molecule has 6 heteroatoms. The Morgan fingerprint density at radius 1 is 1.32 bits per heavy atom. The second-order valence-corrected chi connectivity index (χ2v) is 5.92. The molecule has 0 spiro atoms. The molecule has 3 heterocycles. The molecule has 22 heavy (non-hydrogen) atoms. The normalized spacial score (nSPS) is 18.1. The van der Waals surface area contributed by atoms with Gasteiger partial charge in [0.1, 0.15) is 0 Å². The van der Waals surface area contributed by atoms with Crippen LogP contribution in [0, 0.1) is 6.92 Å². The zero-order valence-electron chi connectivity index (χ0n) is 13.2. The molecule has 0 N–H and O–H groups in total. The van der Waals surface area contributed by atoms with Gasteiger partial charge in [-0.3, -0.25) is 14.9 Å². The molecule has 1 fully saturated rings. The van der Waals surface area contributed by atoms with Gasteiger partial charge in [-0.05, 0) is 38.9 Å². The van der Waals surface area contributed by atoms with E-state index in [-0.39, 0.29) is 0 Å². The van der Waals surface area contributed by atoms with Crippen LogP contribution in [0.3, 0.4) is 0 Å². The largest absolute Gasteiger partial charge is 0.351 e. The Morgan fingerprint density at radius 3 is 2.95 bits per heavy atom. The number of hydrogen-bond donors (Lipinski definition) is 0. The van der Waals surface area contributed by atoms with Crippen LogP contribution in [0.15, 0.2) is 30.7 Å². The first-order valence-electron chi connectivity index (χ1n) is 7.73. The average molecular weight is 298 g/mol. The molecule has 0 unspecified atom stereocenters. The molecule has 0 aliphatic carbocycles. The Morgan fingerprint density at radius 2 is 2.23 bits per heavy atom. The molecule has 2 aromatic heterocycles. The van der Waals surface area contributed by atoms with E-state index in [1.807, 2.05) is 31.5 Å². The van der Waals surface area contributed by atoms with Gasteiger partial charge in [0.05, 0.1) is 11.4 Å². The first-order valence-corrected chi connectivity index (χ1v) is 7.73. The van der Waals surface area contributed by atoms with Crippen LogP contribution in [0.25, 0.3) is 0 Å². The number of nitrogens with zero attached hydrogens (tertiary/aromatic N) is 6. The van der Waals surface area contributed by atoms with Gasteiger partial charge in [-0.25, -0.2) is 0 Å². The topological polar surface area (TPSA) is 58.0 Å². The molecule has 1 aliphatic rings. The van der Waals surface area contributed by atoms with E-state index in [2.05, 4.69) is 37.0 Å². The molecular weight excluding hydrogens is 276 g/mol. The van der Waals surface area contributed by atoms with Crippen molar-refractivity contribution in [2.75, 3.05) is 25.0 Å². The van der Waals surface area contributed by atoms with E-state index in [0.717, 1.165) is 36.8 Å². The highest BCUT2D eigenvalue weighted by molar-refractivity contribution is 5.39. The maximum absolute atomic E-state index is 4.43. The maximum atomic E-state index is 4.43. The molecule has 6 nitrogen and oxygen atoms in total. The Hall–Kier alpha value is -2.08. The minimum absolute atomic E-state index is 0.486. The third-order valence-corrected chi connectivity index (χ3v) is 4.02. The van der Waals surface area contributed by atoms with Crippen LogP contribution in [-0.2, 0) is 6.54 Å². The molecule has 0 amide bonds. The van der Waals surface area contributed by atoms with Crippen LogP contribution < -0.4 is 4.90 Å². The monoisotopic (exact) mass is 298 g/mol. The molecule has 0 aromatic carbocycles. The number of aryl methyl sites for hydroxylation is 1. The molecule has 0 saturated carbocycles. The van der Waals surface area contributed by atoms with E-state index in [9.17, 15) is 0 Å². The van der Waals surface area contributed by atoms with Crippen molar-refractivity contribution in [3.05, 3.63) is 42.1 Å². The summed E-state index contributed by atoms with van der Waals surface area (Å²) in [6.07, 6.45) is 7.81. The Kier molecular flexibility index (Phi) is 4.58. The van der Waals surface area contributed by atoms with Gasteiger partial charge in [0.15, 0.2) is 5.82 Å². The highest BCUT2D eigenvalue weighted by Gasteiger charge is 2.26. The first-order chi connectivity index (χ1) is 10.7. The van der Waals surface area contributed by atoms with Crippen molar-refractivity contribution in [1.82, 2.24) is 25.1 Å². The van der Waals surface area contributed by atoms with Crippen molar-refractivity contribution >= 4 is 5.82 Å². The number of hydrogen-bond acceptors (Lipinski definition) is 6. The van der Waals surface area contributed by atoms with E-state index in [1.165, 1.54) is 12.8 Å². The van der Waals surface area contributed by atoms with Gasteiger partial charge in [-0.1, -0.05) is 0 Å². The minimum atomic E-state index is 0.486. The Balaban J connectivity index is 1.60. The summed E-state index contributed by atoms with van der Waals surface area (Å²) in [5, 5.41) is 8.24. The summed E-state index contributed by atoms with van der Waals surface area (Å²) in [5.41, 5.74) is 1.97. The fraction of sp³-hybridized carbons (Fsp3) is 0.500. The van der Waals surface area contributed by atoms with Crippen LogP contribution in [-0.4, -0.2) is 51.2 Å². The van der Waals surface area contributed by atoms with Crippen molar-refractivity contribution in [1.29, 1.82) is 0 Å². The van der Waals surface area contributed by atoms with Crippen molar-refractivity contribution in [2.45, 2.75) is 32.4 Å². The summed E-state index contributed by atoms with van der Waals surface area (Å²) in [4.78, 5) is 13.4. The summed E-state index contributed by atoms with van der Waals surface area (Å²) in [7, 11) is 2.13. The van der Waals surface area contributed by atoms with Crippen LogP contribution in [0.5, 0.6) is 0 Å². The van der Waals surface area contributed by atoms with Gasteiger partial charge in [-0.15, -0.1) is 5.10 Å². The minimum Gasteiger partial charge on any atom is -0.351 e. The van der Waals surface area contributed by atoms with Gasteiger partial charge in [0, 0.05) is 44.3 Å². The average Bonchev–Trinajstić information content (AvgIpc) is 2.98. The molecule has 0 bridgehead atoms. The molecule has 1 saturated heterocycles. The molecule has 0 radical (unpaired) electrons. The second-order valence-electron chi connectivity index (χ2n) is 5.92. The Bertz CT molecular complexity index is 585. The van der Waals surface area contributed by atoms with Crippen LogP contribution in [0.2, 0.25) is 0 Å². The highest BCUT2D eigenvalue weighted by atomic mass is 15.3. The molecule has 2 aromatic rings. The van der Waals surface area contributed by atoms with Gasteiger partial charge >= 0.3 is 0 Å². The van der Waals surface area contributed by atoms with Crippen molar-refractivity contribution < 1.29 is 0 Å². The smallest absolute Gasteiger partial charge is 0.151 e. The van der Waals surface area contributed by atoms with E-state index >= 15 is 0 Å². The number of aromatic nitrogens is 4. The SMILES string of the molecule is Cc1cnc(CN(C)C[C@H]2CCCN2c2cccnn2)cn1. The van der Waals surface area contributed by atoms with E-state index < -0.39 is 0 Å². The predicted molar refractivity (Wildman–Crippen MR) is 85.5 cm³/mol. The lowest BCUT2D eigenvalue weighted by Crippen LogP contribution is -2.39. The first kappa shape index (κ1) is 14.8. The standard InChI is InChI=1S/C16H22N6/c1-13-9-18-14(10-17-13)11-21(2)12-15-5-4-8-22(15)16-6-3-7-19-20-16/h3,6-7,9-10,15H,4-5,8,11-12H2,1-2H3/t15-/m1/s1. The molecule has 3 rings (SSSR count). The van der Waals surface area contributed by atoms with Gasteiger partial charge < -0.3 is 4.90 Å². The molecular formula is C16H22N6. The fourth-order valence-corrected chi connectivity index (χ4v) is 2.98. The molecule has 116 valence electrons. The highest BCUT2D eigenvalue weighted by Crippen LogP contribution is 2.23. The van der Waals surface area contributed by atoms with Gasteiger partial charge in [0.25, 0.3) is 0 Å². The maximum Gasteiger partial charge on any atom is 0.151 e. The van der Waals surface area contributed by atoms with Crippen LogP contribution >= 0.6 is 0 Å². The van der Waals surface area contributed by atoms with E-state index in [0.29, 0.717) is 6.04 Å². The van der Waals surface area contributed by atoms with Crippen molar-refractivity contribution in [2.24, 2.45) is 0 Å². The van der Waals surface area contributed by atoms with Gasteiger partial charge in [-0.2, -0.15) is 5.10 Å². The predicted octanol–water partition coefficient (Wildman–Crippen LogP) is 1.68. The third kappa shape index (κ3) is 3.57. The third-order valence-electron chi connectivity index (χ3n) is 4.02. The lowest BCUT2D eigenvalue weighted by molar-refractivity contribution is 0.299. The zero-order valence-corrected chi connectivity index (χ0v) is 13.2. The summed E-state index contributed by atoms with van der Waals surface area (Å²) in [6, 6.07) is 4.47. The van der Waals surface area contributed by atoms with Crippen LogP contribution in [0.1, 0.15) is 24.2 Å². The van der Waals surface area contributed by atoms with Crippen molar-refractivity contribution in [3.8, 4) is 0 Å². The summed E-state index contributed by atoms with van der Waals surface area (Å²) >= 11 is 0. The fourth-order valence-electron chi connectivity index (χ4n) is 2.98. The lowest BCUT2D eigenvalue weighted by Gasteiger charge is -2.29. The number of anilines is 1. The van der Waals surface area contributed by atoms with E-state index in [1.54, 1.807) is 6.20 Å². The van der Waals surface area contributed by atoms with Crippen molar-refractivity contribution in [3.63, 3.8) is 0 Å². The zero-order chi connectivity index (χ0) is 15.4.